The fourth-order valence-corrected chi connectivity index (χ4v) is 5.32. The fraction of sp³-hybridized carbons (Fsp3) is 0.286. The average Bonchev–Trinajstić information content (AvgIpc) is 3.29. The second kappa shape index (κ2) is 12.3. The number of aryl methyl sites for hydroxylation is 1. The van der Waals surface area contributed by atoms with Crippen molar-refractivity contribution in [2.45, 2.75) is 32.6 Å². The van der Waals surface area contributed by atoms with Gasteiger partial charge in [0.15, 0.2) is 19.0 Å². The van der Waals surface area contributed by atoms with Gasteiger partial charge >= 0.3 is 11.9 Å². The van der Waals surface area contributed by atoms with Crippen LogP contribution in [0.4, 0.5) is 5.00 Å². The first-order chi connectivity index (χ1) is 18.0. The molecule has 0 unspecified atom stereocenters. The molecule has 192 valence electrons. The van der Waals surface area contributed by atoms with Crippen LogP contribution in [0, 0.1) is 0 Å². The summed E-state index contributed by atoms with van der Waals surface area (Å²) in [6, 6.07) is 15.3. The van der Waals surface area contributed by atoms with Crippen LogP contribution in [0.3, 0.4) is 0 Å². The van der Waals surface area contributed by atoms with E-state index in [1.165, 1.54) is 11.3 Å². The van der Waals surface area contributed by atoms with Gasteiger partial charge in [0, 0.05) is 16.0 Å². The Morgan fingerprint density at radius 1 is 0.865 bits per heavy atom. The van der Waals surface area contributed by atoms with E-state index >= 15 is 0 Å². The summed E-state index contributed by atoms with van der Waals surface area (Å²) in [5.74, 6) is -1.47. The molecule has 1 amide bonds. The first kappa shape index (κ1) is 26.1. The van der Waals surface area contributed by atoms with Crippen LogP contribution in [-0.2, 0) is 31.9 Å². The molecule has 0 bridgehead atoms. The zero-order valence-corrected chi connectivity index (χ0v) is 21.2. The van der Waals surface area contributed by atoms with Crippen molar-refractivity contribution in [3.8, 4) is 5.75 Å². The van der Waals surface area contributed by atoms with Crippen molar-refractivity contribution >= 4 is 40.0 Å². The van der Waals surface area contributed by atoms with Gasteiger partial charge in [-0.05, 0) is 62.4 Å². The largest absolute Gasteiger partial charge is 0.482 e. The minimum absolute atomic E-state index is 0.115. The van der Waals surface area contributed by atoms with Crippen LogP contribution in [0.15, 0.2) is 54.6 Å². The molecule has 0 spiro atoms. The van der Waals surface area contributed by atoms with Gasteiger partial charge in [-0.2, -0.15) is 0 Å². The molecule has 0 saturated carbocycles. The Bertz CT molecular complexity index is 1280. The van der Waals surface area contributed by atoms with Crippen molar-refractivity contribution in [2.75, 3.05) is 25.1 Å². The molecule has 1 N–H and O–H groups in total. The van der Waals surface area contributed by atoms with Crippen LogP contribution in [0.25, 0.3) is 0 Å². The standard InChI is InChI=1S/C28H27NO7S/c1-2-34-28(33)25-21-10-6-7-11-22(21)37-27(25)29-23(30)16-36-24(31)17-35-20-14-12-19(13-15-20)26(32)18-8-4-3-5-9-18/h3-5,8-9,12-15H,2,6-7,10-11,16-17H2,1H3,(H,29,30). The molecule has 1 aromatic heterocycles. The molecule has 1 aliphatic rings. The maximum atomic E-state index is 12.5. The van der Waals surface area contributed by atoms with Gasteiger partial charge in [0.25, 0.3) is 5.91 Å². The second-order valence-corrected chi connectivity index (χ2v) is 9.46. The van der Waals surface area contributed by atoms with Crippen LogP contribution in [0.5, 0.6) is 5.75 Å². The van der Waals surface area contributed by atoms with Gasteiger partial charge in [0.05, 0.1) is 12.2 Å². The van der Waals surface area contributed by atoms with E-state index in [4.69, 9.17) is 14.2 Å². The molecular weight excluding hydrogens is 494 g/mol. The Kier molecular flexibility index (Phi) is 8.68. The third kappa shape index (κ3) is 6.62. The van der Waals surface area contributed by atoms with Crippen LogP contribution >= 0.6 is 11.3 Å². The van der Waals surface area contributed by atoms with Crippen molar-refractivity contribution in [2.24, 2.45) is 0 Å². The summed E-state index contributed by atoms with van der Waals surface area (Å²) in [6.07, 6.45) is 3.64. The number of benzene rings is 2. The summed E-state index contributed by atoms with van der Waals surface area (Å²) in [4.78, 5) is 50.6. The van der Waals surface area contributed by atoms with E-state index in [0.29, 0.717) is 27.4 Å². The molecule has 0 aliphatic heterocycles. The number of fused-ring (bicyclic) bond motifs is 1. The molecule has 0 radical (unpaired) electrons. The van der Waals surface area contributed by atoms with Gasteiger partial charge in [-0.1, -0.05) is 30.3 Å². The summed E-state index contributed by atoms with van der Waals surface area (Å²) < 4.78 is 15.6. The molecule has 0 fully saturated rings. The third-order valence-corrected chi connectivity index (χ3v) is 6.98. The Balaban J connectivity index is 1.27. The van der Waals surface area contributed by atoms with Gasteiger partial charge in [0.2, 0.25) is 0 Å². The molecule has 3 aromatic rings. The van der Waals surface area contributed by atoms with Crippen LogP contribution in [-0.4, -0.2) is 43.4 Å². The Labute approximate surface area is 218 Å². The number of ether oxygens (including phenoxy) is 3. The lowest BCUT2D eigenvalue weighted by Crippen LogP contribution is -2.24. The fourth-order valence-electron chi connectivity index (χ4n) is 4.02. The number of thiophene rings is 1. The molecule has 0 saturated heterocycles. The van der Waals surface area contributed by atoms with E-state index in [-0.39, 0.29) is 12.4 Å². The molecule has 1 heterocycles. The number of esters is 2. The number of nitrogens with one attached hydrogen (secondary N) is 1. The summed E-state index contributed by atoms with van der Waals surface area (Å²) in [5.41, 5.74) is 2.41. The van der Waals surface area contributed by atoms with E-state index in [1.54, 1.807) is 55.5 Å². The lowest BCUT2D eigenvalue weighted by molar-refractivity contribution is -0.149. The van der Waals surface area contributed by atoms with Gasteiger partial charge in [0.1, 0.15) is 10.8 Å². The smallest absolute Gasteiger partial charge is 0.344 e. The SMILES string of the molecule is CCOC(=O)c1c(NC(=O)COC(=O)COc2ccc(C(=O)c3ccccc3)cc2)sc2c1CCCC2. The van der Waals surface area contributed by atoms with E-state index in [9.17, 15) is 19.2 Å². The average molecular weight is 522 g/mol. The lowest BCUT2D eigenvalue weighted by atomic mass is 9.95. The third-order valence-electron chi connectivity index (χ3n) is 5.78. The first-order valence-electron chi connectivity index (χ1n) is 12.1. The first-order valence-corrected chi connectivity index (χ1v) is 12.9. The van der Waals surface area contributed by atoms with Gasteiger partial charge in [-0.15, -0.1) is 11.3 Å². The predicted molar refractivity (Wildman–Crippen MR) is 138 cm³/mol. The van der Waals surface area contributed by atoms with E-state index < -0.39 is 31.1 Å². The molecular formula is C28H27NO7S. The van der Waals surface area contributed by atoms with Crippen molar-refractivity contribution in [3.63, 3.8) is 0 Å². The topological polar surface area (TPSA) is 108 Å². The number of anilines is 1. The number of amides is 1. The Morgan fingerprint density at radius 3 is 2.30 bits per heavy atom. The Morgan fingerprint density at radius 2 is 1.57 bits per heavy atom. The normalized spacial score (nSPS) is 12.2. The van der Waals surface area contributed by atoms with E-state index in [0.717, 1.165) is 36.1 Å². The molecule has 37 heavy (non-hydrogen) atoms. The minimum atomic E-state index is -0.726. The number of ketones is 1. The van der Waals surface area contributed by atoms with Crippen LogP contribution in [0.1, 0.15) is 56.5 Å². The summed E-state index contributed by atoms with van der Waals surface area (Å²) >= 11 is 1.37. The maximum absolute atomic E-state index is 12.5. The minimum Gasteiger partial charge on any atom is -0.482 e. The summed E-state index contributed by atoms with van der Waals surface area (Å²) in [7, 11) is 0. The highest BCUT2D eigenvalue weighted by Crippen LogP contribution is 2.38. The van der Waals surface area contributed by atoms with Crippen molar-refractivity contribution < 1.29 is 33.4 Å². The lowest BCUT2D eigenvalue weighted by Gasteiger charge is -2.12. The van der Waals surface area contributed by atoms with Crippen molar-refractivity contribution in [3.05, 3.63) is 81.7 Å². The van der Waals surface area contributed by atoms with Gasteiger partial charge < -0.3 is 19.5 Å². The van der Waals surface area contributed by atoms with Crippen molar-refractivity contribution in [1.82, 2.24) is 0 Å². The zero-order valence-electron chi connectivity index (χ0n) is 20.4. The summed E-state index contributed by atoms with van der Waals surface area (Å²) in [6.45, 7) is 1.05. The number of rotatable bonds is 10. The molecule has 4 rings (SSSR count). The van der Waals surface area contributed by atoms with Gasteiger partial charge in [-0.25, -0.2) is 9.59 Å². The van der Waals surface area contributed by atoms with E-state index in [1.807, 2.05) is 6.07 Å². The maximum Gasteiger partial charge on any atom is 0.344 e. The molecule has 9 heteroatoms. The highest BCUT2D eigenvalue weighted by molar-refractivity contribution is 7.17. The monoisotopic (exact) mass is 521 g/mol. The molecule has 8 nitrogen and oxygen atoms in total. The number of carbonyl (C=O) groups is 4. The summed E-state index contributed by atoms with van der Waals surface area (Å²) in [5, 5.41) is 3.12. The van der Waals surface area contributed by atoms with Crippen LogP contribution < -0.4 is 10.1 Å². The molecule has 2 aromatic carbocycles. The number of carbonyl (C=O) groups excluding carboxylic acids is 4. The van der Waals surface area contributed by atoms with E-state index in [2.05, 4.69) is 5.32 Å². The van der Waals surface area contributed by atoms with Crippen molar-refractivity contribution in [1.29, 1.82) is 0 Å². The highest BCUT2D eigenvalue weighted by atomic mass is 32.1. The Hall–Kier alpha value is -3.98. The predicted octanol–water partition coefficient (Wildman–Crippen LogP) is 4.60. The second-order valence-electron chi connectivity index (χ2n) is 8.35. The highest BCUT2D eigenvalue weighted by Gasteiger charge is 2.27. The molecule has 1 aliphatic carbocycles. The number of hydrogen-bond donors (Lipinski definition) is 1. The number of hydrogen-bond acceptors (Lipinski definition) is 8. The zero-order chi connectivity index (χ0) is 26.2. The van der Waals surface area contributed by atoms with Crippen LogP contribution in [0.2, 0.25) is 0 Å². The van der Waals surface area contributed by atoms with Gasteiger partial charge in [-0.3, -0.25) is 9.59 Å². The quantitative estimate of drug-likeness (QED) is 0.307. The molecule has 0 atom stereocenters.